The van der Waals surface area contributed by atoms with Gasteiger partial charge >= 0.3 is 0 Å². The summed E-state index contributed by atoms with van der Waals surface area (Å²) < 4.78 is 6.79. The molecule has 1 aliphatic heterocycles. The Morgan fingerprint density at radius 1 is 1.09 bits per heavy atom. The van der Waals surface area contributed by atoms with Crippen molar-refractivity contribution in [3.63, 3.8) is 0 Å². The number of benzene rings is 2. The lowest BCUT2D eigenvalue weighted by Gasteiger charge is -2.30. The highest BCUT2D eigenvalue weighted by Gasteiger charge is 2.20. The number of aromatic nitrogens is 2. The summed E-state index contributed by atoms with van der Waals surface area (Å²) in [5, 5.41) is 7.71. The van der Waals surface area contributed by atoms with E-state index in [0.29, 0.717) is 41.8 Å². The highest BCUT2D eigenvalue weighted by Crippen LogP contribution is 2.28. The van der Waals surface area contributed by atoms with E-state index in [1.165, 1.54) is 4.68 Å². The van der Waals surface area contributed by atoms with E-state index >= 15 is 0 Å². The van der Waals surface area contributed by atoms with Gasteiger partial charge in [0.2, 0.25) is 0 Å². The van der Waals surface area contributed by atoms with E-state index in [4.69, 9.17) is 27.9 Å². The Bertz CT molecular complexity index is 1190. The first-order valence-corrected chi connectivity index (χ1v) is 11.4. The Hall–Kier alpha value is -2.87. The molecule has 0 spiro atoms. The summed E-state index contributed by atoms with van der Waals surface area (Å²) in [6, 6.07) is 12.8. The van der Waals surface area contributed by atoms with E-state index in [1.807, 2.05) is 24.3 Å². The van der Waals surface area contributed by atoms with Crippen molar-refractivity contribution in [1.82, 2.24) is 15.1 Å². The number of anilines is 1. The Balaban J connectivity index is 1.47. The van der Waals surface area contributed by atoms with E-state index in [0.717, 1.165) is 29.9 Å². The molecule has 1 amide bonds. The largest absolute Gasteiger partial charge is 0.378 e. The summed E-state index contributed by atoms with van der Waals surface area (Å²) in [4.78, 5) is 27.5. The molecule has 4 rings (SSSR count). The van der Waals surface area contributed by atoms with Crippen LogP contribution in [0.25, 0.3) is 11.1 Å². The molecule has 33 heavy (non-hydrogen) atoms. The Labute approximate surface area is 201 Å². The van der Waals surface area contributed by atoms with Crippen molar-refractivity contribution >= 4 is 34.8 Å². The zero-order chi connectivity index (χ0) is 23.4. The first kappa shape index (κ1) is 23.3. The molecule has 2 aromatic carbocycles. The Kier molecular flexibility index (Phi) is 7.33. The van der Waals surface area contributed by atoms with Crippen molar-refractivity contribution in [2.24, 2.45) is 7.05 Å². The average Bonchev–Trinajstić information content (AvgIpc) is 2.82. The highest BCUT2D eigenvalue weighted by molar-refractivity contribution is 6.39. The average molecular weight is 487 g/mol. The molecule has 9 heteroatoms. The van der Waals surface area contributed by atoms with Crippen LogP contribution in [-0.4, -0.2) is 48.5 Å². The molecule has 1 saturated heterocycles. The Morgan fingerprint density at radius 3 is 2.42 bits per heavy atom. The van der Waals surface area contributed by atoms with Gasteiger partial charge in [-0.05, 0) is 29.7 Å². The molecule has 0 aliphatic carbocycles. The molecule has 1 aliphatic rings. The van der Waals surface area contributed by atoms with Gasteiger partial charge in [-0.15, -0.1) is 0 Å². The van der Waals surface area contributed by atoms with Gasteiger partial charge in [0.1, 0.15) is 0 Å². The van der Waals surface area contributed by atoms with Crippen LogP contribution in [0, 0.1) is 0 Å². The van der Waals surface area contributed by atoms with Crippen LogP contribution in [0.15, 0.2) is 53.5 Å². The van der Waals surface area contributed by atoms with Crippen molar-refractivity contribution in [2.45, 2.75) is 6.42 Å². The predicted molar refractivity (Wildman–Crippen MR) is 130 cm³/mol. The zero-order valence-electron chi connectivity index (χ0n) is 18.2. The van der Waals surface area contributed by atoms with Gasteiger partial charge in [0.15, 0.2) is 0 Å². The lowest BCUT2D eigenvalue weighted by molar-refractivity contribution is 0.0954. The fourth-order valence-electron chi connectivity index (χ4n) is 3.81. The molecule has 172 valence electrons. The highest BCUT2D eigenvalue weighted by atomic mass is 35.5. The number of hydrogen-bond acceptors (Lipinski definition) is 5. The van der Waals surface area contributed by atoms with Crippen LogP contribution >= 0.6 is 23.2 Å². The van der Waals surface area contributed by atoms with E-state index in [-0.39, 0.29) is 17.0 Å². The number of amides is 1. The minimum atomic E-state index is -0.308. The lowest BCUT2D eigenvalue weighted by Crippen LogP contribution is -2.38. The SMILES string of the molecule is Cn1ncc(N2CCOCC2)c(-c2ccc(CCNC(=O)c3c(Cl)cccc3Cl)cc2)c1=O. The molecule has 0 unspecified atom stereocenters. The van der Waals surface area contributed by atoms with Crippen LogP contribution in [0.3, 0.4) is 0 Å². The van der Waals surface area contributed by atoms with Gasteiger partial charge in [0.25, 0.3) is 11.5 Å². The van der Waals surface area contributed by atoms with Gasteiger partial charge in [-0.3, -0.25) is 9.59 Å². The summed E-state index contributed by atoms with van der Waals surface area (Å²) in [6.45, 7) is 3.11. The van der Waals surface area contributed by atoms with Crippen LogP contribution in [0.2, 0.25) is 10.0 Å². The fraction of sp³-hybridized carbons (Fsp3) is 0.292. The normalized spacial score (nSPS) is 13.7. The monoisotopic (exact) mass is 486 g/mol. The van der Waals surface area contributed by atoms with Crippen LogP contribution in [0.1, 0.15) is 15.9 Å². The van der Waals surface area contributed by atoms with Gasteiger partial charge in [-0.25, -0.2) is 4.68 Å². The third kappa shape index (κ3) is 5.21. The molecule has 1 aromatic heterocycles. The standard InChI is InChI=1S/C24H24Cl2N4O3/c1-29-24(32)21(20(15-28-29)30-11-13-33-14-12-30)17-7-5-16(6-8-17)9-10-27-23(31)22-18(25)3-2-4-19(22)26/h2-8,15H,9-14H2,1H3,(H,27,31). The number of ether oxygens (including phenoxy) is 1. The number of hydrogen-bond donors (Lipinski definition) is 1. The summed E-state index contributed by atoms with van der Waals surface area (Å²) >= 11 is 12.2. The molecule has 3 aromatic rings. The van der Waals surface area contributed by atoms with Crippen molar-refractivity contribution in [3.8, 4) is 11.1 Å². The molecular weight excluding hydrogens is 463 g/mol. The number of nitrogens with zero attached hydrogens (tertiary/aromatic N) is 3. The van der Waals surface area contributed by atoms with Crippen LogP contribution in [-0.2, 0) is 18.2 Å². The maximum Gasteiger partial charge on any atom is 0.276 e. The molecule has 0 atom stereocenters. The van der Waals surface area contributed by atoms with Crippen LogP contribution in [0.4, 0.5) is 5.69 Å². The van der Waals surface area contributed by atoms with Gasteiger partial charge in [-0.2, -0.15) is 5.10 Å². The quantitative estimate of drug-likeness (QED) is 0.576. The van der Waals surface area contributed by atoms with E-state index in [9.17, 15) is 9.59 Å². The fourth-order valence-corrected chi connectivity index (χ4v) is 4.38. The number of rotatable bonds is 6. The molecule has 0 radical (unpaired) electrons. The summed E-state index contributed by atoms with van der Waals surface area (Å²) in [5.41, 5.74) is 3.44. The van der Waals surface area contributed by atoms with E-state index < -0.39 is 0 Å². The van der Waals surface area contributed by atoms with Crippen LogP contribution in [0.5, 0.6) is 0 Å². The molecule has 1 N–H and O–H groups in total. The van der Waals surface area contributed by atoms with Gasteiger partial charge in [0, 0.05) is 26.7 Å². The molecule has 0 bridgehead atoms. The number of carbonyl (C=O) groups is 1. The second-order valence-electron chi connectivity index (χ2n) is 7.73. The van der Waals surface area contributed by atoms with Crippen molar-refractivity contribution in [1.29, 1.82) is 0 Å². The Morgan fingerprint density at radius 2 is 1.76 bits per heavy atom. The maximum atomic E-state index is 12.9. The number of halogens is 2. The number of carbonyl (C=O) groups excluding carboxylic acids is 1. The van der Waals surface area contributed by atoms with Gasteiger partial charge < -0.3 is 15.0 Å². The molecule has 2 heterocycles. The van der Waals surface area contributed by atoms with Gasteiger partial charge in [0.05, 0.1) is 46.3 Å². The minimum Gasteiger partial charge on any atom is -0.378 e. The zero-order valence-corrected chi connectivity index (χ0v) is 19.7. The first-order chi connectivity index (χ1) is 16.0. The third-order valence-electron chi connectivity index (χ3n) is 5.60. The molecule has 0 saturated carbocycles. The van der Waals surface area contributed by atoms with Crippen molar-refractivity contribution in [3.05, 3.63) is 80.2 Å². The topological polar surface area (TPSA) is 76.5 Å². The minimum absolute atomic E-state index is 0.143. The second kappa shape index (κ2) is 10.4. The first-order valence-electron chi connectivity index (χ1n) is 10.7. The van der Waals surface area contributed by atoms with Crippen LogP contribution < -0.4 is 15.8 Å². The molecular formula is C24H24Cl2N4O3. The summed E-state index contributed by atoms with van der Waals surface area (Å²) in [6.07, 6.45) is 2.37. The molecule has 7 nitrogen and oxygen atoms in total. The molecule has 1 fully saturated rings. The number of nitrogens with one attached hydrogen (secondary N) is 1. The second-order valence-corrected chi connectivity index (χ2v) is 8.55. The third-order valence-corrected chi connectivity index (χ3v) is 6.23. The lowest BCUT2D eigenvalue weighted by atomic mass is 10.0. The van der Waals surface area contributed by atoms with Crippen molar-refractivity contribution < 1.29 is 9.53 Å². The van der Waals surface area contributed by atoms with Gasteiger partial charge in [-0.1, -0.05) is 53.5 Å². The maximum absolute atomic E-state index is 12.9. The number of aryl methyl sites for hydroxylation is 1. The van der Waals surface area contributed by atoms with Crippen molar-refractivity contribution in [2.75, 3.05) is 37.7 Å². The van der Waals surface area contributed by atoms with E-state index in [1.54, 1.807) is 31.4 Å². The predicted octanol–water partition coefficient (Wildman–Crippen LogP) is 3.56. The summed E-state index contributed by atoms with van der Waals surface area (Å²) in [5.74, 6) is -0.308. The smallest absolute Gasteiger partial charge is 0.276 e. The summed E-state index contributed by atoms with van der Waals surface area (Å²) in [7, 11) is 1.65. The van der Waals surface area contributed by atoms with E-state index in [2.05, 4.69) is 15.3 Å². The number of morpholine rings is 1.